The van der Waals surface area contributed by atoms with E-state index in [0.29, 0.717) is 13.1 Å². The standard InChI is InChI=1S/C19H27N3O2/c1-20-17(23)15-12-22(2)13-16(15)21-18(24)19(10-6-7-11-19)14-8-4-3-5-9-14/h3-5,8-9,15-16H,6-7,10-13H2,1-2H3,(H,20,23)(H,21,24)/t15-,16+/m1/s1. The molecule has 1 aromatic carbocycles. The highest BCUT2D eigenvalue weighted by atomic mass is 16.2. The molecular weight excluding hydrogens is 302 g/mol. The van der Waals surface area contributed by atoms with Crippen molar-refractivity contribution in [1.29, 1.82) is 0 Å². The van der Waals surface area contributed by atoms with Crippen LogP contribution in [-0.4, -0.2) is 49.9 Å². The molecule has 1 heterocycles. The van der Waals surface area contributed by atoms with Crippen LogP contribution in [0, 0.1) is 5.92 Å². The monoisotopic (exact) mass is 329 g/mol. The second-order valence-electron chi connectivity index (χ2n) is 7.18. The molecule has 2 amide bonds. The first-order chi connectivity index (χ1) is 11.6. The highest BCUT2D eigenvalue weighted by molar-refractivity contribution is 5.90. The van der Waals surface area contributed by atoms with Crippen LogP contribution >= 0.6 is 0 Å². The van der Waals surface area contributed by atoms with Gasteiger partial charge in [0, 0.05) is 20.1 Å². The quantitative estimate of drug-likeness (QED) is 0.875. The molecule has 5 nitrogen and oxygen atoms in total. The van der Waals surface area contributed by atoms with E-state index in [1.54, 1.807) is 7.05 Å². The highest BCUT2D eigenvalue weighted by Crippen LogP contribution is 2.41. The molecule has 1 saturated carbocycles. The lowest BCUT2D eigenvalue weighted by atomic mass is 9.77. The fourth-order valence-electron chi connectivity index (χ4n) is 4.29. The molecule has 24 heavy (non-hydrogen) atoms. The van der Waals surface area contributed by atoms with Gasteiger partial charge in [0.2, 0.25) is 11.8 Å². The molecule has 130 valence electrons. The molecule has 2 atom stereocenters. The number of benzene rings is 1. The molecule has 1 aliphatic heterocycles. The molecule has 0 spiro atoms. The number of likely N-dealkylation sites (N-methyl/N-ethyl adjacent to an activating group) is 1. The van der Waals surface area contributed by atoms with Gasteiger partial charge in [0.1, 0.15) is 0 Å². The van der Waals surface area contributed by atoms with Gasteiger partial charge in [-0.2, -0.15) is 0 Å². The Morgan fingerprint density at radius 3 is 2.42 bits per heavy atom. The molecule has 0 aromatic heterocycles. The molecule has 5 heteroatoms. The lowest BCUT2D eigenvalue weighted by molar-refractivity contribution is -0.128. The number of likely N-dealkylation sites (tertiary alicyclic amines) is 1. The zero-order valence-electron chi connectivity index (χ0n) is 14.5. The first kappa shape index (κ1) is 17.0. The summed E-state index contributed by atoms with van der Waals surface area (Å²) in [6.07, 6.45) is 3.92. The summed E-state index contributed by atoms with van der Waals surface area (Å²) in [6.45, 7) is 1.40. The molecule has 0 unspecified atom stereocenters. The van der Waals surface area contributed by atoms with E-state index in [4.69, 9.17) is 0 Å². The van der Waals surface area contributed by atoms with Crippen molar-refractivity contribution in [2.24, 2.45) is 5.92 Å². The topological polar surface area (TPSA) is 61.4 Å². The predicted octanol–water partition coefficient (Wildman–Crippen LogP) is 1.29. The summed E-state index contributed by atoms with van der Waals surface area (Å²) in [5, 5.41) is 5.94. The fourth-order valence-corrected chi connectivity index (χ4v) is 4.29. The van der Waals surface area contributed by atoms with E-state index in [1.807, 2.05) is 25.2 Å². The van der Waals surface area contributed by atoms with E-state index >= 15 is 0 Å². The van der Waals surface area contributed by atoms with Gasteiger partial charge >= 0.3 is 0 Å². The smallest absolute Gasteiger partial charge is 0.230 e. The molecule has 0 bridgehead atoms. The lowest BCUT2D eigenvalue weighted by Gasteiger charge is -2.31. The number of hydrogen-bond acceptors (Lipinski definition) is 3. The van der Waals surface area contributed by atoms with Gasteiger partial charge in [-0.3, -0.25) is 9.59 Å². The van der Waals surface area contributed by atoms with Crippen LogP contribution in [0.15, 0.2) is 30.3 Å². The summed E-state index contributed by atoms with van der Waals surface area (Å²) in [4.78, 5) is 27.5. The van der Waals surface area contributed by atoms with Gasteiger partial charge in [-0.05, 0) is 25.5 Å². The van der Waals surface area contributed by atoms with Crippen molar-refractivity contribution in [3.05, 3.63) is 35.9 Å². The average molecular weight is 329 g/mol. The van der Waals surface area contributed by atoms with Crippen LogP contribution in [0.25, 0.3) is 0 Å². The largest absolute Gasteiger partial charge is 0.359 e. The minimum atomic E-state index is -0.435. The summed E-state index contributed by atoms with van der Waals surface area (Å²) in [5.41, 5.74) is 0.665. The normalized spacial score (nSPS) is 26.2. The molecule has 3 rings (SSSR count). The van der Waals surface area contributed by atoms with Gasteiger partial charge in [0.15, 0.2) is 0 Å². The number of nitrogens with zero attached hydrogens (tertiary/aromatic N) is 1. The molecule has 1 saturated heterocycles. The Kier molecular flexibility index (Phi) is 4.90. The van der Waals surface area contributed by atoms with Crippen LogP contribution < -0.4 is 10.6 Å². The van der Waals surface area contributed by atoms with Crippen LogP contribution in [0.3, 0.4) is 0 Å². The SMILES string of the molecule is CNC(=O)[C@@H]1CN(C)C[C@@H]1NC(=O)C1(c2ccccc2)CCCC1. The van der Waals surface area contributed by atoms with E-state index in [2.05, 4.69) is 27.7 Å². The molecule has 2 aliphatic rings. The van der Waals surface area contributed by atoms with E-state index in [-0.39, 0.29) is 23.8 Å². The molecule has 1 aliphatic carbocycles. The van der Waals surface area contributed by atoms with Crippen molar-refractivity contribution in [1.82, 2.24) is 15.5 Å². The second-order valence-corrected chi connectivity index (χ2v) is 7.18. The maximum Gasteiger partial charge on any atom is 0.230 e. The lowest BCUT2D eigenvalue weighted by Crippen LogP contribution is -2.51. The number of rotatable bonds is 4. The third-order valence-electron chi connectivity index (χ3n) is 5.62. The zero-order chi connectivity index (χ0) is 17.2. The number of amides is 2. The third kappa shape index (κ3) is 3.05. The van der Waals surface area contributed by atoms with Crippen molar-refractivity contribution in [3.8, 4) is 0 Å². The van der Waals surface area contributed by atoms with Crippen LogP contribution in [-0.2, 0) is 15.0 Å². The van der Waals surface area contributed by atoms with Crippen molar-refractivity contribution < 1.29 is 9.59 Å². The summed E-state index contributed by atoms with van der Waals surface area (Å²) in [6, 6.07) is 9.98. The number of carbonyl (C=O) groups is 2. The van der Waals surface area contributed by atoms with Gasteiger partial charge in [-0.1, -0.05) is 43.2 Å². The van der Waals surface area contributed by atoms with Gasteiger partial charge in [-0.25, -0.2) is 0 Å². The van der Waals surface area contributed by atoms with Crippen LogP contribution in [0.1, 0.15) is 31.2 Å². The number of carbonyl (C=O) groups excluding carboxylic acids is 2. The predicted molar refractivity (Wildman–Crippen MR) is 93.6 cm³/mol. The summed E-state index contributed by atoms with van der Waals surface area (Å²) in [5.74, 6) is -0.0941. The van der Waals surface area contributed by atoms with Crippen LogP contribution in [0.5, 0.6) is 0 Å². The van der Waals surface area contributed by atoms with Crippen molar-refractivity contribution in [2.45, 2.75) is 37.1 Å². The summed E-state index contributed by atoms with van der Waals surface area (Å²) in [7, 11) is 3.65. The minimum Gasteiger partial charge on any atom is -0.359 e. The van der Waals surface area contributed by atoms with E-state index in [0.717, 1.165) is 31.2 Å². The number of hydrogen-bond donors (Lipinski definition) is 2. The molecule has 1 aromatic rings. The maximum atomic E-state index is 13.2. The Morgan fingerprint density at radius 2 is 1.79 bits per heavy atom. The van der Waals surface area contributed by atoms with Crippen molar-refractivity contribution >= 4 is 11.8 Å². The number of nitrogens with one attached hydrogen (secondary N) is 2. The summed E-state index contributed by atoms with van der Waals surface area (Å²) < 4.78 is 0. The van der Waals surface area contributed by atoms with Crippen molar-refractivity contribution in [2.75, 3.05) is 27.2 Å². The average Bonchev–Trinajstić information content (AvgIpc) is 3.23. The Hall–Kier alpha value is -1.88. The Balaban J connectivity index is 1.80. The van der Waals surface area contributed by atoms with Gasteiger partial charge < -0.3 is 15.5 Å². The second kappa shape index (κ2) is 6.93. The first-order valence-corrected chi connectivity index (χ1v) is 8.83. The maximum absolute atomic E-state index is 13.2. The molecule has 2 N–H and O–H groups in total. The highest BCUT2D eigenvalue weighted by Gasteiger charge is 2.45. The summed E-state index contributed by atoms with van der Waals surface area (Å²) >= 11 is 0. The Bertz CT molecular complexity index is 596. The van der Waals surface area contributed by atoms with Crippen molar-refractivity contribution in [3.63, 3.8) is 0 Å². The van der Waals surface area contributed by atoms with Crippen LogP contribution in [0.4, 0.5) is 0 Å². The Labute approximate surface area is 143 Å². The van der Waals surface area contributed by atoms with Gasteiger partial charge in [0.25, 0.3) is 0 Å². The van der Waals surface area contributed by atoms with Gasteiger partial charge in [-0.15, -0.1) is 0 Å². The van der Waals surface area contributed by atoms with Crippen LogP contribution in [0.2, 0.25) is 0 Å². The van der Waals surface area contributed by atoms with E-state index in [9.17, 15) is 9.59 Å². The zero-order valence-corrected chi connectivity index (χ0v) is 14.5. The van der Waals surface area contributed by atoms with Gasteiger partial charge in [0.05, 0.1) is 17.4 Å². The Morgan fingerprint density at radius 1 is 1.12 bits per heavy atom. The molecule has 2 fully saturated rings. The van der Waals surface area contributed by atoms with E-state index in [1.165, 1.54) is 0 Å². The van der Waals surface area contributed by atoms with E-state index < -0.39 is 5.41 Å². The fraction of sp³-hybridized carbons (Fsp3) is 0.579. The third-order valence-corrected chi connectivity index (χ3v) is 5.62. The first-order valence-electron chi connectivity index (χ1n) is 8.83. The minimum absolute atomic E-state index is 0.00448. The molecular formula is C19H27N3O2. The molecule has 0 radical (unpaired) electrons.